The van der Waals surface area contributed by atoms with Gasteiger partial charge in [-0.3, -0.25) is 0 Å². The summed E-state index contributed by atoms with van der Waals surface area (Å²) >= 11 is 9.01. The van der Waals surface area contributed by atoms with Crippen LogP contribution in [-0.4, -0.2) is 34.4 Å². The highest BCUT2D eigenvalue weighted by Crippen LogP contribution is 2.30. The molecule has 18 heavy (non-hydrogen) atoms. The molecule has 1 atom stereocenters. The van der Waals surface area contributed by atoms with E-state index in [9.17, 15) is 5.11 Å². The van der Waals surface area contributed by atoms with E-state index in [-0.39, 0.29) is 5.88 Å². The maximum atomic E-state index is 9.40. The first-order chi connectivity index (χ1) is 8.72. The smallest absolute Gasteiger partial charge is 0.151 e. The lowest BCUT2D eigenvalue weighted by Gasteiger charge is -2.09. The molecule has 2 aromatic rings. The highest BCUT2D eigenvalue weighted by molar-refractivity contribution is 8.01. The molecule has 0 aliphatic carbocycles. The summed E-state index contributed by atoms with van der Waals surface area (Å²) in [6.45, 7) is 2.58. The monoisotopic (exact) mass is 302 g/mol. The van der Waals surface area contributed by atoms with Crippen LogP contribution in [0.25, 0.3) is 10.2 Å². The van der Waals surface area contributed by atoms with Gasteiger partial charge in [0.2, 0.25) is 0 Å². The molecule has 0 aliphatic rings. The van der Waals surface area contributed by atoms with Crippen LogP contribution in [0.15, 0.2) is 22.5 Å². The fourth-order valence-corrected chi connectivity index (χ4v) is 3.60. The van der Waals surface area contributed by atoms with E-state index in [1.165, 1.54) is 0 Å². The summed E-state index contributed by atoms with van der Waals surface area (Å²) in [7, 11) is 0. The summed E-state index contributed by atoms with van der Waals surface area (Å²) in [6.07, 6.45) is -0.518. The Hall–Kier alpha value is -0.490. The van der Waals surface area contributed by atoms with Crippen molar-refractivity contribution in [2.75, 3.05) is 23.5 Å². The predicted octanol–water partition coefficient (Wildman–Crippen LogP) is 3.42. The Bertz CT molecular complexity index is 518. The highest BCUT2D eigenvalue weighted by atomic mass is 35.5. The molecular formula is C12H15ClN2OS2. The van der Waals surface area contributed by atoms with Crippen LogP contribution in [0.4, 0.5) is 5.69 Å². The lowest BCUT2D eigenvalue weighted by molar-refractivity contribution is 0.211. The fraction of sp³-hybridized carbons (Fsp3) is 0.417. The Labute approximate surface area is 120 Å². The Balaban J connectivity index is 2.11. The van der Waals surface area contributed by atoms with Crippen molar-refractivity contribution in [1.29, 1.82) is 0 Å². The molecule has 0 saturated carbocycles. The standard InChI is InChI=1S/C12H15ClN2OS2/c1-2-17-12-15-10-4-3-8(5-11(10)18-12)14-7-9(16)6-13/h3-5,9,14,16H,2,6-7H2,1H3. The maximum absolute atomic E-state index is 9.40. The SMILES string of the molecule is CCSc1nc2ccc(NCC(O)CCl)cc2s1. The topological polar surface area (TPSA) is 45.2 Å². The Morgan fingerprint density at radius 1 is 1.56 bits per heavy atom. The van der Waals surface area contributed by atoms with Gasteiger partial charge in [0.15, 0.2) is 4.34 Å². The number of aliphatic hydroxyl groups excluding tert-OH is 1. The quantitative estimate of drug-likeness (QED) is 0.634. The molecule has 0 saturated heterocycles. The molecule has 0 aliphatic heterocycles. The third kappa shape index (κ3) is 3.51. The van der Waals surface area contributed by atoms with Crippen molar-refractivity contribution in [2.24, 2.45) is 0 Å². The minimum absolute atomic E-state index is 0.243. The van der Waals surface area contributed by atoms with E-state index in [0.29, 0.717) is 6.54 Å². The fourth-order valence-electron chi connectivity index (χ4n) is 1.49. The van der Waals surface area contributed by atoms with E-state index in [1.807, 2.05) is 12.1 Å². The second-order valence-corrected chi connectivity index (χ2v) is 6.63. The number of thioether (sulfide) groups is 1. The molecular weight excluding hydrogens is 288 g/mol. The zero-order chi connectivity index (χ0) is 13.0. The molecule has 1 aromatic heterocycles. The van der Waals surface area contributed by atoms with Crippen molar-refractivity contribution in [1.82, 2.24) is 4.98 Å². The normalized spacial score (nSPS) is 12.8. The first-order valence-corrected chi connectivity index (χ1v) is 8.08. The van der Waals surface area contributed by atoms with Gasteiger partial charge in [-0.15, -0.1) is 22.9 Å². The largest absolute Gasteiger partial charge is 0.390 e. The summed E-state index contributed by atoms with van der Waals surface area (Å²) in [4.78, 5) is 4.54. The summed E-state index contributed by atoms with van der Waals surface area (Å²) in [6, 6.07) is 6.04. The van der Waals surface area contributed by atoms with Crippen LogP contribution in [0.2, 0.25) is 0 Å². The Morgan fingerprint density at radius 2 is 2.39 bits per heavy atom. The first kappa shape index (κ1) is 13.9. The van der Waals surface area contributed by atoms with Crippen LogP contribution in [-0.2, 0) is 0 Å². The van der Waals surface area contributed by atoms with Crippen LogP contribution in [0, 0.1) is 0 Å². The number of anilines is 1. The van der Waals surface area contributed by atoms with Crippen molar-refractivity contribution in [3.05, 3.63) is 18.2 Å². The summed E-state index contributed by atoms with van der Waals surface area (Å²) in [5.74, 6) is 1.28. The number of hydrogen-bond acceptors (Lipinski definition) is 5. The van der Waals surface area contributed by atoms with E-state index in [0.717, 1.165) is 26.0 Å². The lowest BCUT2D eigenvalue weighted by atomic mass is 10.3. The van der Waals surface area contributed by atoms with Gasteiger partial charge in [0.25, 0.3) is 0 Å². The van der Waals surface area contributed by atoms with E-state index in [4.69, 9.17) is 11.6 Å². The van der Waals surface area contributed by atoms with Crippen molar-refractivity contribution in [2.45, 2.75) is 17.4 Å². The average molecular weight is 303 g/mol. The number of halogens is 1. The summed E-state index contributed by atoms with van der Waals surface area (Å²) in [5.41, 5.74) is 2.02. The molecule has 0 bridgehead atoms. The van der Waals surface area contributed by atoms with Crippen LogP contribution < -0.4 is 5.32 Å². The van der Waals surface area contributed by atoms with Gasteiger partial charge in [-0.1, -0.05) is 18.7 Å². The molecule has 1 aromatic carbocycles. The number of rotatable bonds is 6. The number of benzene rings is 1. The summed E-state index contributed by atoms with van der Waals surface area (Å²) < 4.78 is 2.27. The number of aromatic nitrogens is 1. The minimum Gasteiger partial charge on any atom is -0.390 e. The zero-order valence-electron chi connectivity index (χ0n) is 10.0. The van der Waals surface area contributed by atoms with Gasteiger partial charge in [0, 0.05) is 12.2 Å². The molecule has 0 amide bonds. The average Bonchev–Trinajstić information content (AvgIpc) is 2.77. The van der Waals surface area contributed by atoms with Crippen molar-refractivity contribution >= 4 is 50.6 Å². The van der Waals surface area contributed by atoms with Gasteiger partial charge < -0.3 is 10.4 Å². The van der Waals surface area contributed by atoms with E-state index in [2.05, 4.69) is 23.3 Å². The van der Waals surface area contributed by atoms with E-state index >= 15 is 0 Å². The zero-order valence-corrected chi connectivity index (χ0v) is 12.4. The predicted molar refractivity (Wildman–Crippen MR) is 81.2 cm³/mol. The molecule has 0 radical (unpaired) electrons. The Kier molecular flexibility index (Phi) is 5.12. The lowest BCUT2D eigenvalue weighted by Crippen LogP contribution is -2.20. The molecule has 0 spiro atoms. The molecule has 3 nitrogen and oxygen atoms in total. The number of nitrogens with one attached hydrogen (secondary N) is 1. The Morgan fingerprint density at radius 3 is 3.11 bits per heavy atom. The third-order valence-corrected chi connectivity index (χ3v) is 4.76. The van der Waals surface area contributed by atoms with Gasteiger partial charge >= 0.3 is 0 Å². The number of alkyl halides is 1. The molecule has 1 heterocycles. The molecule has 2 N–H and O–H groups in total. The molecule has 0 fully saturated rings. The molecule has 6 heteroatoms. The number of fused-ring (bicyclic) bond motifs is 1. The van der Waals surface area contributed by atoms with Crippen LogP contribution in [0.1, 0.15) is 6.92 Å². The van der Waals surface area contributed by atoms with Crippen LogP contribution in [0.3, 0.4) is 0 Å². The van der Waals surface area contributed by atoms with E-state index < -0.39 is 6.10 Å². The summed E-state index contributed by atoms with van der Waals surface area (Å²) in [5, 5.41) is 12.6. The van der Waals surface area contributed by atoms with E-state index in [1.54, 1.807) is 23.1 Å². The van der Waals surface area contributed by atoms with Crippen LogP contribution >= 0.6 is 34.7 Å². The van der Waals surface area contributed by atoms with Crippen molar-refractivity contribution in [3.8, 4) is 0 Å². The minimum atomic E-state index is -0.518. The molecule has 1 unspecified atom stereocenters. The van der Waals surface area contributed by atoms with Crippen molar-refractivity contribution in [3.63, 3.8) is 0 Å². The van der Waals surface area contributed by atoms with Gasteiger partial charge in [-0.05, 0) is 24.0 Å². The molecule has 98 valence electrons. The van der Waals surface area contributed by atoms with Crippen molar-refractivity contribution < 1.29 is 5.11 Å². The number of nitrogens with zero attached hydrogens (tertiary/aromatic N) is 1. The highest BCUT2D eigenvalue weighted by Gasteiger charge is 2.06. The molecule has 2 rings (SSSR count). The van der Waals surface area contributed by atoms with Gasteiger partial charge in [-0.25, -0.2) is 4.98 Å². The first-order valence-electron chi connectivity index (χ1n) is 5.74. The van der Waals surface area contributed by atoms with Gasteiger partial charge in [-0.2, -0.15) is 0 Å². The number of aliphatic hydroxyl groups is 1. The second-order valence-electron chi connectivity index (χ2n) is 3.78. The van der Waals surface area contributed by atoms with Gasteiger partial charge in [0.1, 0.15) is 0 Å². The number of hydrogen-bond donors (Lipinski definition) is 2. The number of thiazole rings is 1. The second kappa shape index (κ2) is 6.61. The van der Waals surface area contributed by atoms with Gasteiger partial charge in [0.05, 0.1) is 22.2 Å². The third-order valence-electron chi connectivity index (χ3n) is 2.36. The maximum Gasteiger partial charge on any atom is 0.151 e. The van der Waals surface area contributed by atoms with Crippen LogP contribution in [0.5, 0.6) is 0 Å².